The highest BCUT2D eigenvalue weighted by atomic mass is 16.5. The molecule has 39 heavy (non-hydrogen) atoms. The molecule has 0 radical (unpaired) electrons. The number of amidine groups is 1. The molecule has 0 saturated carbocycles. The summed E-state index contributed by atoms with van der Waals surface area (Å²) < 4.78 is 17.6. The first-order valence-electron chi connectivity index (χ1n) is 12.9. The zero-order chi connectivity index (χ0) is 27.7. The molecule has 1 amide bonds. The second kappa shape index (κ2) is 10.8. The molecule has 13 heteroatoms. The molecule has 0 spiro atoms. The maximum Gasteiger partial charge on any atom is 0.261 e. The molecule has 5 rings (SSSR count). The van der Waals surface area contributed by atoms with E-state index in [1.807, 2.05) is 24.8 Å². The number of rotatable bonds is 7. The van der Waals surface area contributed by atoms with E-state index in [1.54, 1.807) is 13.0 Å². The Kier molecular flexibility index (Phi) is 7.38. The maximum atomic E-state index is 12.9. The Labute approximate surface area is 226 Å². The van der Waals surface area contributed by atoms with E-state index < -0.39 is 11.5 Å². The number of carbonyl (C=O) groups excluding carboxylic acids is 1. The van der Waals surface area contributed by atoms with Crippen molar-refractivity contribution in [3.63, 3.8) is 0 Å². The number of β-amino-alcohol motifs (C(OH)–C–C–N with tert-alkyl or cyclic N) is 1. The summed E-state index contributed by atoms with van der Waals surface area (Å²) in [4.78, 5) is 34.0. The molecule has 1 saturated heterocycles. The summed E-state index contributed by atoms with van der Waals surface area (Å²) in [6.45, 7) is 8.89. The van der Waals surface area contributed by atoms with Crippen molar-refractivity contribution in [1.29, 1.82) is 0 Å². The monoisotopic (exact) mass is 538 g/mol. The first-order valence-corrected chi connectivity index (χ1v) is 12.9. The minimum atomic E-state index is -1.12. The number of methoxy groups -OCH3 is 1. The number of amides is 1. The molecule has 3 atom stereocenters. The number of aliphatic hydroxyl groups is 1. The van der Waals surface area contributed by atoms with Crippen LogP contribution in [0, 0.1) is 0 Å². The predicted octanol–water partition coefficient (Wildman–Crippen LogP) is 0.800. The van der Waals surface area contributed by atoms with Crippen LogP contribution in [0.15, 0.2) is 34.5 Å². The van der Waals surface area contributed by atoms with Gasteiger partial charge < -0.3 is 25.1 Å². The van der Waals surface area contributed by atoms with Crippen molar-refractivity contribution in [2.45, 2.75) is 38.6 Å². The number of ether oxygens (including phenoxy) is 3. The van der Waals surface area contributed by atoms with Crippen LogP contribution < -0.4 is 20.5 Å². The van der Waals surface area contributed by atoms with Crippen molar-refractivity contribution in [3.8, 4) is 11.5 Å². The highest BCUT2D eigenvalue weighted by Gasteiger charge is 2.34. The van der Waals surface area contributed by atoms with E-state index in [4.69, 9.17) is 24.9 Å². The Morgan fingerprint density at radius 1 is 1.26 bits per heavy atom. The van der Waals surface area contributed by atoms with E-state index in [9.17, 15) is 9.90 Å². The molecule has 4 N–H and O–H groups in total. The fraction of sp³-hybridized carbons (Fsp3) is 0.500. The number of fused-ring (bicyclic) bond motifs is 3. The van der Waals surface area contributed by atoms with Gasteiger partial charge >= 0.3 is 0 Å². The van der Waals surface area contributed by atoms with Crippen LogP contribution >= 0.6 is 0 Å². The lowest BCUT2D eigenvalue weighted by Crippen LogP contribution is -2.52. The number of hydrogen-bond donors (Lipinski definition) is 3. The minimum absolute atomic E-state index is 0.0415. The number of nitrogens with two attached hydrogens (primary N) is 1. The molecule has 1 fully saturated rings. The van der Waals surface area contributed by atoms with Crippen LogP contribution in [0.25, 0.3) is 0 Å². The van der Waals surface area contributed by atoms with Crippen molar-refractivity contribution in [2.75, 3.05) is 52.2 Å². The number of nitrogens with one attached hydrogen (secondary N) is 1. The van der Waals surface area contributed by atoms with Crippen molar-refractivity contribution in [2.24, 2.45) is 9.98 Å². The third-order valence-electron chi connectivity index (χ3n) is 6.61. The van der Waals surface area contributed by atoms with Crippen molar-refractivity contribution < 1.29 is 24.1 Å². The highest BCUT2D eigenvalue weighted by molar-refractivity contribution is 6.20. The average molecular weight is 539 g/mol. The number of carbonyl (C=O) groups is 1. The number of nitrogens with zero attached hydrogens (tertiary/aromatic N) is 6. The quantitative estimate of drug-likeness (QED) is 0.460. The summed E-state index contributed by atoms with van der Waals surface area (Å²) in [6.07, 6.45) is 2.91. The number of aliphatic imine (C=N–C) groups is 2. The van der Waals surface area contributed by atoms with Gasteiger partial charge in [0.05, 0.1) is 31.4 Å². The molecule has 208 valence electrons. The van der Waals surface area contributed by atoms with Gasteiger partial charge in [0.2, 0.25) is 11.9 Å². The number of guanidine groups is 1. The van der Waals surface area contributed by atoms with Gasteiger partial charge in [-0.05, 0) is 32.9 Å². The van der Waals surface area contributed by atoms with Crippen molar-refractivity contribution in [3.05, 3.63) is 35.7 Å². The van der Waals surface area contributed by atoms with E-state index in [1.165, 1.54) is 19.5 Å². The zero-order valence-corrected chi connectivity index (χ0v) is 22.5. The topological polar surface area (TPSA) is 160 Å². The van der Waals surface area contributed by atoms with Gasteiger partial charge in [0, 0.05) is 44.1 Å². The Morgan fingerprint density at radius 2 is 1.97 bits per heavy atom. The number of anilines is 1. The SMILES string of the molecule is COc1c(OCC(C)(O)CN2CC(C)O[C@H](C)C2)ccc2c1N=C(NC(=O)c1cnc(N)nc1)N1CCN=C21. The summed E-state index contributed by atoms with van der Waals surface area (Å²) in [5.74, 6) is 1.43. The Morgan fingerprint density at radius 3 is 2.67 bits per heavy atom. The van der Waals surface area contributed by atoms with E-state index in [0.717, 1.165) is 18.7 Å². The van der Waals surface area contributed by atoms with Crippen molar-refractivity contribution >= 4 is 29.3 Å². The molecule has 2 unspecified atom stereocenters. The molecule has 13 nitrogen and oxygen atoms in total. The number of nitrogen functional groups attached to an aromatic ring is 1. The number of morpholine rings is 1. The summed E-state index contributed by atoms with van der Waals surface area (Å²) in [7, 11) is 1.53. The molecule has 1 aromatic heterocycles. The van der Waals surface area contributed by atoms with E-state index >= 15 is 0 Å². The Balaban J connectivity index is 1.37. The number of benzene rings is 1. The third kappa shape index (κ3) is 5.79. The molecule has 4 heterocycles. The van der Waals surface area contributed by atoms with Crippen LogP contribution in [-0.2, 0) is 4.74 Å². The first-order chi connectivity index (χ1) is 18.6. The van der Waals surface area contributed by atoms with Crippen molar-refractivity contribution in [1.82, 2.24) is 25.1 Å². The van der Waals surface area contributed by atoms with Gasteiger partial charge in [0.15, 0.2) is 11.5 Å². The second-order valence-corrected chi connectivity index (χ2v) is 10.3. The molecule has 0 aliphatic carbocycles. The summed E-state index contributed by atoms with van der Waals surface area (Å²) >= 11 is 0. The number of hydrogen-bond acceptors (Lipinski definition) is 12. The fourth-order valence-corrected chi connectivity index (χ4v) is 5.10. The Bertz CT molecular complexity index is 1290. The molecule has 2 aromatic rings. The van der Waals surface area contributed by atoms with Crippen LogP contribution in [0.1, 0.15) is 36.7 Å². The minimum Gasteiger partial charge on any atom is -0.491 e. The Hall–Kier alpha value is -3.81. The van der Waals surface area contributed by atoms with Crippen LogP contribution in [-0.4, -0.2) is 107 Å². The smallest absolute Gasteiger partial charge is 0.261 e. The largest absolute Gasteiger partial charge is 0.491 e. The molecular weight excluding hydrogens is 504 g/mol. The van der Waals surface area contributed by atoms with E-state index in [2.05, 4.69) is 25.2 Å². The van der Waals surface area contributed by atoms with Gasteiger partial charge in [-0.3, -0.25) is 24.9 Å². The highest BCUT2D eigenvalue weighted by Crippen LogP contribution is 2.43. The second-order valence-electron chi connectivity index (χ2n) is 10.3. The van der Waals surface area contributed by atoms with E-state index in [-0.39, 0.29) is 30.3 Å². The van der Waals surface area contributed by atoms with Gasteiger partial charge in [-0.2, -0.15) is 0 Å². The van der Waals surface area contributed by atoms with Crippen LogP contribution in [0.4, 0.5) is 11.6 Å². The fourth-order valence-electron chi connectivity index (χ4n) is 5.10. The lowest BCUT2D eigenvalue weighted by Gasteiger charge is -2.39. The molecule has 3 aliphatic rings. The zero-order valence-electron chi connectivity index (χ0n) is 22.5. The molecule has 0 bridgehead atoms. The molecular formula is C26H34N8O5. The molecule has 1 aromatic carbocycles. The molecule has 3 aliphatic heterocycles. The normalized spacial score (nSPS) is 22.2. The first kappa shape index (κ1) is 26.8. The van der Waals surface area contributed by atoms with Gasteiger partial charge in [-0.1, -0.05) is 0 Å². The van der Waals surface area contributed by atoms with Gasteiger partial charge in [-0.25, -0.2) is 15.0 Å². The van der Waals surface area contributed by atoms with E-state index in [0.29, 0.717) is 48.6 Å². The summed E-state index contributed by atoms with van der Waals surface area (Å²) in [5.41, 5.74) is 5.90. The van der Waals surface area contributed by atoms with Crippen LogP contribution in [0.3, 0.4) is 0 Å². The third-order valence-corrected chi connectivity index (χ3v) is 6.61. The summed E-state index contributed by atoms with van der Waals surface area (Å²) in [5, 5.41) is 14.0. The van der Waals surface area contributed by atoms with Gasteiger partial charge in [0.1, 0.15) is 23.7 Å². The lowest BCUT2D eigenvalue weighted by atomic mass is 10.1. The maximum absolute atomic E-state index is 12.9. The van der Waals surface area contributed by atoms with Gasteiger partial charge in [0.25, 0.3) is 5.91 Å². The summed E-state index contributed by atoms with van der Waals surface area (Å²) in [6, 6.07) is 3.65. The van der Waals surface area contributed by atoms with Crippen LogP contribution in [0.5, 0.6) is 11.5 Å². The lowest BCUT2D eigenvalue weighted by molar-refractivity contribution is -0.0952. The number of aromatic nitrogens is 2. The standard InChI is InChI=1S/C26H34N8O5/c1-15-11-33(12-16(2)39-15)13-26(3,36)14-38-19-6-5-18-20(21(19)37-4)31-25(34-8-7-28-22(18)34)32-23(35)17-9-29-24(27)30-10-17/h5-6,9-10,15-16,36H,7-8,11-14H2,1-4H3,(H2,27,29,30)(H,31,32,35)/t15-,16?,26?/m1/s1. The average Bonchev–Trinajstić information content (AvgIpc) is 3.37. The van der Waals surface area contributed by atoms with Gasteiger partial charge in [-0.15, -0.1) is 0 Å². The predicted molar refractivity (Wildman–Crippen MR) is 145 cm³/mol. The van der Waals surface area contributed by atoms with Crippen LogP contribution in [0.2, 0.25) is 0 Å².